The van der Waals surface area contributed by atoms with Crippen molar-refractivity contribution in [3.63, 3.8) is 0 Å². The number of amides is 2. The van der Waals surface area contributed by atoms with Crippen LogP contribution in [0.3, 0.4) is 0 Å². The maximum Gasteiger partial charge on any atom is 0.315 e. The number of fused-ring (bicyclic) bond motifs is 2. The van der Waals surface area contributed by atoms with Crippen molar-refractivity contribution in [2.45, 2.75) is 70.6 Å². The summed E-state index contributed by atoms with van der Waals surface area (Å²) in [7, 11) is 0. The van der Waals surface area contributed by atoms with Crippen LogP contribution in [0.25, 0.3) is 0 Å². The van der Waals surface area contributed by atoms with Gasteiger partial charge in [0.05, 0.1) is 12.2 Å². The predicted molar refractivity (Wildman–Crippen MR) is 84.5 cm³/mol. The summed E-state index contributed by atoms with van der Waals surface area (Å²) in [6.07, 6.45) is 6.72. The number of hydrogen-bond acceptors (Lipinski definition) is 3. The molecule has 3 aliphatic rings. The molecule has 3 fully saturated rings. The number of aliphatic hydroxyl groups excluding tert-OH is 1. The Morgan fingerprint density at radius 3 is 2.82 bits per heavy atom. The monoisotopic (exact) mass is 310 g/mol. The molecule has 3 N–H and O–H groups in total. The van der Waals surface area contributed by atoms with Crippen LogP contribution in [0, 0.1) is 17.3 Å². The van der Waals surface area contributed by atoms with Gasteiger partial charge < -0.3 is 20.5 Å². The molecule has 1 heterocycles. The van der Waals surface area contributed by atoms with Crippen molar-refractivity contribution >= 4 is 6.03 Å². The maximum atomic E-state index is 12.2. The van der Waals surface area contributed by atoms with E-state index in [1.54, 1.807) is 0 Å². The van der Waals surface area contributed by atoms with E-state index in [1.807, 2.05) is 13.8 Å². The van der Waals surface area contributed by atoms with Crippen LogP contribution in [0.5, 0.6) is 0 Å². The van der Waals surface area contributed by atoms with Gasteiger partial charge in [-0.3, -0.25) is 0 Å². The molecule has 1 aliphatic heterocycles. The highest BCUT2D eigenvalue weighted by molar-refractivity contribution is 5.74. The summed E-state index contributed by atoms with van der Waals surface area (Å²) >= 11 is 0. The second-order valence-electron chi connectivity index (χ2n) is 7.47. The molecule has 1 saturated heterocycles. The van der Waals surface area contributed by atoms with Crippen molar-refractivity contribution in [3.05, 3.63) is 0 Å². The van der Waals surface area contributed by atoms with Crippen LogP contribution in [-0.2, 0) is 4.74 Å². The Morgan fingerprint density at radius 1 is 1.41 bits per heavy atom. The van der Waals surface area contributed by atoms with E-state index in [-0.39, 0.29) is 23.4 Å². The van der Waals surface area contributed by atoms with Crippen LogP contribution >= 0.6 is 0 Å². The molecule has 2 saturated carbocycles. The number of hydrogen-bond donors (Lipinski definition) is 3. The summed E-state index contributed by atoms with van der Waals surface area (Å²) < 4.78 is 5.93. The van der Waals surface area contributed by atoms with E-state index in [9.17, 15) is 9.90 Å². The molecule has 1 spiro atoms. The van der Waals surface area contributed by atoms with Crippen LogP contribution < -0.4 is 10.6 Å². The van der Waals surface area contributed by atoms with Gasteiger partial charge in [0.2, 0.25) is 0 Å². The van der Waals surface area contributed by atoms with E-state index in [2.05, 4.69) is 10.6 Å². The molecule has 0 aromatic rings. The topological polar surface area (TPSA) is 70.6 Å². The lowest BCUT2D eigenvalue weighted by Crippen LogP contribution is -2.69. The zero-order chi connectivity index (χ0) is 15.7. The first kappa shape index (κ1) is 16.1. The Bertz CT molecular complexity index is 409. The van der Waals surface area contributed by atoms with E-state index in [4.69, 9.17) is 4.74 Å². The van der Waals surface area contributed by atoms with Gasteiger partial charge in [0, 0.05) is 30.5 Å². The van der Waals surface area contributed by atoms with Crippen molar-refractivity contribution in [1.29, 1.82) is 0 Å². The third kappa shape index (κ3) is 2.62. The van der Waals surface area contributed by atoms with Crippen LogP contribution in [0.1, 0.15) is 52.4 Å². The minimum Gasteiger partial charge on any atom is -0.391 e. The molecule has 2 aliphatic carbocycles. The molecule has 0 radical (unpaired) electrons. The molecule has 5 heteroatoms. The fraction of sp³-hybridized carbons (Fsp3) is 0.941. The quantitative estimate of drug-likeness (QED) is 0.728. The van der Waals surface area contributed by atoms with Gasteiger partial charge in [-0.2, -0.15) is 0 Å². The largest absolute Gasteiger partial charge is 0.391 e. The molecule has 5 nitrogen and oxygen atoms in total. The molecule has 3 rings (SSSR count). The average Bonchev–Trinajstić information content (AvgIpc) is 3.17. The number of carbonyl (C=O) groups excluding carboxylic acids is 1. The third-order valence-electron chi connectivity index (χ3n) is 6.35. The fourth-order valence-corrected chi connectivity index (χ4v) is 4.77. The molecule has 0 aromatic carbocycles. The lowest BCUT2D eigenvalue weighted by atomic mass is 9.54. The molecular formula is C17H30N2O3. The maximum absolute atomic E-state index is 12.2. The number of rotatable bonds is 5. The van der Waals surface area contributed by atoms with Crippen LogP contribution in [0.4, 0.5) is 4.79 Å². The number of urea groups is 1. The Labute approximate surface area is 133 Å². The second kappa shape index (κ2) is 6.36. The first-order valence-electron chi connectivity index (χ1n) is 8.92. The lowest BCUT2D eigenvalue weighted by molar-refractivity contribution is -0.126. The summed E-state index contributed by atoms with van der Waals surface area (Å²) in [6.45, 7) is 5.21. The number of nitrogens with one attached hydrogen (secondary N) is 2. The average molecular weight is 310 g/mol. The van der Waals surface area contributed by atoms with E-state index in [0.29, 0.717) is 18.6 Å². The van der Waals surface area contributed by atoms with E-state index >= 15 is 0 Å². The molecule has 2 amide bonds. The standard InChI is InChI=1S/C17H30N2O3/c1-3-11(2)13(20)10-18-16(21)19-14-12-6-9-22-15(12)17(14)7-4-5-8-17/h11-15,20H,3-10H2,1-2H3,(H2,18,19,21). The van der Waals surface area contributed by atoms with E-state index < -0.39 is 6.10 Å². The van der Waals surface area contributed by atoms with Gasteiger partial charge in [-0.05, 0) is 25.2 Å². The summed E-state index contributed by atoms with van der Waals surface area (Å²) in [5.41, 5.74) is 0.188. The van der Waals surface area contributed by atoms with Crippen LogP contribution in [0.2, 0.25) is 0 Å². The van der Waals surface area contributed by atoms with Gasteiger partial charge in [0.25, 0.3) is 0 Å². The Kier molecular flexibility index (Phi) is 4.64. The minimum absolute atomic E-state index is 0.135. The smallest absolute Gasteiger partial charge is 0.315 e. The zero-order valence-corrected chi connectivity index (χ0v) is 13.8. The molecule has 5 unspecified atom stereocenters. The van der Waals surface area contributed by atoms with Crippen molar-refractivity contribution < 1.29 is 14.6 Å². The first-order valence-corrected chi connectivity index (χ1v) is 8.92. The second-order valence-corrected chi connectivity index (χ2v) is 7.47. The molecular weight excluding hydrogens is 280 g/mol. The first-order chi connectivity index (χ1) is 10.6. The van der Waals surface area contributed by atoms with Crippen molar-refractivity contribution in [1.82, 2.24) is 10.6 Å². The van der Waals surface area contributed by atoms with Crippen LogP contribution in [-0.4, -0.2) is 42.5 Å². The Hall–Kier alpha value is -0.810. The summed E-state index contributed by atoms with van der Waals surface area (Å²) in [6, 6.07) is 0.118. The molecule has 0 aromatic heterocycles. The fourth-order valence-electron chi connectivity index (χ4n) is 4.77. The Balaban J connectivity index is 1.52. The van der Waals surface area contributed by atoms with Gasteiger partial charge in [-0.15, -0.1) is 0 Å². The molecule has 22 heavy (non-hydrogen) atoms. The Morgan fingerprint density at radius 2 is 2.14 bits per heavy atom. The van der Waals surface area contributed by atoms with E-state index in [0.717, 1.165) is 19.4 Å². The van der Waals surface area contributed by atoms with Crippen LogP contribution in [0.15, 0.2) is 0 Å². The van der Waals surface area contributed by atoms with E-state index in [1.165, 1.54) is 25.7 Å². The molecule has 0 bridgehead atoms. The van der Waals surface area contributed by atoms with Gasteiger partial charge in [0.1, 0.15) is 0 Å². The number of ether oxygens (including phenoxy) is 1. The van der Waals surface area contributed by atoms with Crippen molar-refractivity contribution in [2.75, 3.05) is 13.2 Å². The summed E-state index contributed by atoms with van der Waals surface area (Å²) in [4.78, 5) is 12.2. The summed E-state index contributed by atoms with van der Waals surface area (Å²) in [5, 5.41) is 16.0. The van der Waals surface area contributed by atoms with Crippen molar-refractivity contribution in [2.24, 2.45) is 17.3 Å². The van der Waals surface area contributed by atoms with Gasteiger partial charge >= 0.3 is 6.03 Å². The highest BCUT2D eigenvalue weighted by atomic mass is 16.5. The SMILES string of the molecule is CCC(C)C(O)CNC(=O)NC1C2CCOC2C12CCCC2. The summed E-state index contributed by atoms with van der Waals surface area (Å²) in [5.74, 6) is 0.695. The zero-order valence-electron chi connectivity index (χ0n) is 13.8. The van der Waals surface area contributed by atoms with Gasteiger partial charge in [-0.25, -0.2) is 4.79 Å². The molecule has 126 valence electrons. The highest BCUT2D eigenvalue weighted by Crippen LogP contribution is 2.60. The third-order valence-corrected chi connectivity index (χ3v) is 6.35. The minimum atomic E-state index is -0.472. The number of carbonyl (C=O) groups is 1. The predicted octanol–water partition coefficient (Wildman–Crippen LogP) is 2.04. The van der Waals surface area contributed by atoms with Crippen molar-refractivity contribution in [3.8, 4) is 0 Å². The highest BCUT2D eigenvalue weighted by Gasteiger charge is 2.65. The van der Waals surface area contributed by atoms with Gasteiger partial charge in [0.15, 0.2) is 0 Å². The van der Waals surface area contributed by atoms with Gasteiger partial charge in [-0.1, -0.05) is 33.1 Å². The normalized spacial score (nSPS) is 34.8. The number of aliphatic hydroxyl groups is 1. The lowest BCUT2D eigenvalue weighted by Gasteiger charge is -2.56. The molecule has 5 atom stereocenters.